The SMILES string of the molecule is CC(C(=O)O)S(=O)(=O)NCc1ccc(CO)cc1. The average molecular weight is 273 g/mol. The number of carboxylic acids is 1. The summed E-state index contributed by atoms with van der Waals surface area (Å²) in [5, 5.41) is 16.0. The lowest BCUT2D eigenvalue weighted by Gasteiger charge is -2.10. The number of benzene rings is 1. The molecule has 0 spiro atoms. The summed E-state index contributed by atoms with van der Waals surface area (Å²) in [6.45, 7) is 1.05. The van der Waals surface area contributed by atoms with Gasteiger partial charge in [-0.05, 0) is 18.1 Å². The molecular weight excluding hydrogens is 258 g/mol. The van der Waals surface area contributed by atoms with Gasteiger partial charge in [0.05, 0.1) is 6.61 Å². The maximum absolute atomic E-state index is 11.5. The third kappa shape index (κ3) is 3.80. The molecule has 7 heteroatoms. The van der Waals surface area contributed by atoms with E-state index in [9.17, 15) is 13.2 Å². The van der Waals surface area contributed by atoms with E-state index in [0.717, 1.165) is 12.5 Å². The van der Waals surface area contributed by atoms with Crippen molar-refractivity contribution in [1.29, 1.82) is 0 Å². The van der Waals surface area contributed by atoms with Gasteiger partial charge in [-0.15, -0.1) is 0 Å². The Kier molecular flexibility index (Phi) is 4.83. The van der Waals surface area contributed by atoms with Crippen molar-refractivity contribution in [3.05, 3.63) is 35.4 Å². The second-order valence-electron chi connectivity index (χ2n) is 3.82. The van der Waals surface area contributed by atoms with Crippen LogP contribution in [-0.2, 0) is 28.0 Å². The quantitative estimate of drug-likeness (QED) is 0.680. The first-order valence-corrected chi connectivity index (χ1v) is 6.81. The number of aliphatic hydroxyl groups excluding tert-OH is 1. The normalized spacial score (nSPS) is 13.2. The van der Waals surface area contributed by atoms with Gasteiger partial charge in [0, 0.05) is 6.54 Å². The fourth-order valence-corrected chi connectivity index (χ4v) is 2.09. The minimum atomic E-state index is -3.87. The Hall–Kier alpha value is -1.44. The van der Waals surface area contributed by atoms with Crippen LogP contribution in [0.3, 0.4) is 0 Å². The molecule has 1 unspecified atom stereocenters. The number of aliphatic hydroxyl groups is 1. The first kappa shape index (κ1) is 14.6. The Balaban J connectivity index is 2.67. The summed E-state index contributed by atoms with van der Waals surface area (Å²) >= 11 is 0. The maximum atomic E-state index is 11.5. The molecule has 0 aliphatic carbocycles. The highest BCUT2D eigenvalue weighted by Gasteiger charge is 2.26. The van der Waals surface area contributed by atoms with E-state index >= 15 is 0 Å². The number of sulfonamides is 1. The summed E-state index contributed by atoms with van der Waals surface area (Å²) in [6, 6.07) is 6.67. The molecule has 0 aliphatic heterocycles. The molecule has 3 N–H and O–H groups in total. The number of aliphatic carboxylic acids is 1. The molecule has 1 rings (SSSR count). The molecule has 6 nitrogen and oxygen atoms in total. The molecule has 1 aromatic carbocycles. The molecule has 0 aliphatic rings. The number of nitrogens with one attached hydrogen (secondary N) is 1. The van der Waals surface area contributed by atoms with Crippen LogP contribution in [0.4, 0.5) is 0 Å². The first-order valence-electron chi connectivity index (χ1n) is 5.27. The second-order valence-corrected chi connectivity index (χ2v) is 5.91. The summed E-state index contributed by atoms with van der Waals surface area (Å²) in [5.74, 6) is -1.39. The topological polar surface area (TPSA) is 104 Å². The van der Waals surface area contributed by atoms with E-state index in [1.54, 1.807) is 24.3 Å². The second kappa shape index (κ2) is 5.94. The molecular formula is C11H15NO5S. The van der Waals surface area contributed by atoms with Crippen LogP contribution in [-0.4, -0.2) is 29.9 Å². The Bertz CT molecular complexity index is 509. The van der Waals surface area contributed by atoms with Crippen LogP contribution in [0.25, 0.3) is 0 Å². The highest BCUT2D eigenvalue weighted by atomic mass is 32.2. The van der Waals surface area contributed by atoms with Crippen molar-refractivity contribution in [2.75, 3.05) is 0 Å². The lowest BCUT2D eigenvalue weighted by atomic mass is 10.1. The monoisotopic (exact) mass is 273 g/mol. The van der Waals surface area contributed by atoms with Gasteiger partial charge in [0.15, 0.2) is 5.25 Å². The Morgan fingerprint density at radius 2 is 1.78 bits per heavy atom. The predicted molar refractivity (Wildman–Crippen MR) is 65.2 cm³/mol. The van der Waals surface area contributed by atoms with Gasteiger partial charge < -0.3 is 10.2 Å². The number of rotatable bonds is 6. The molecule has 0 radical (unpaired) electrons. The van der Waals surface area contributed by atoms with Crippen molar-refractivity contribution < 1.29 is 23.4 Å². The standard InChI is InChI=1S/C11H15NO5S/c1-8(11(14)15)18(16,17)12-6-9-2-4-10(7-13)5-3-9/h2-5,8,12-13H,6-7H2,1H3,(H,14,15). The smallest absolute Gasteiger partial charge is 0.323 e. The minimum Gasteiger partial charge on any atom is -0.480 e. The molecule has 100 valence electrons. The fraction of sp³-hybridized carbons (Fsp3) is 0.364. The highest BCUT2D eigenvalue weighted by molar-refractivity contribution is 7.90. The summed E-state index contributed by atoms with van der Waals surface area (Å²) in [6.07, 6.45) is 0. The van der Waals surface area contributed by atoms with E-state index in [-0.39, 0.29) is 13.2 Å². The van der Waals surface area contributed by atoms with Crippen LogP contribution in [0.2, 0.25) is 0 Å². The summed E-state index contributed by atoms with van der Waals surface area (Å²) in [7, 11) is -3.87. The van der Waals surface area contributed by atoms with E-state index in [1.165, 1.54) is 0 Å². The van der Waals surface area contributed by atoms with Crippen LogP contribution in [0.1, 0.15) is 18.1 Å². The zero-order valence-electron chi connectivity index (χ0n) is 9.83. The van der Waals surface area contributed by atoms with Gasteiger partial charge in [-0.1, -0.05) is 24.3 Å². The summed E-state index contributed by atoms with van der Waals surface area (Å²) in [4.78, 5) is 10.6. The van der Waals surface area contributed by atoms with Crippen molar-refractivity contribution in [3.63, 3.8) is 0 Å². The Morgan fingerprint density at radius 1 is 1.28 bits per heavy atom. The highest BCUT2D eigenvalue weighted by Crippen LogP contribution is 2.06. The van der Waals surface area contributed by atoms with Crippen LogP contribution in [0.15, 0.2) is 24.3 Å². The van der Waals surface area contributed by atoms with Crippen LogP contribution in [0, 0.1) is 0 Å². The number of hydrogen-bond acceptors (Lipinski definition) is 4. The lowest BCUT2D eigenvalue weighted by Crippen LogP contribution is -2.37. The Morgan fingerprint density at radius 3 is 2.22 bits per heavy atom. The predicted octanol–water partition coefficient (Wildman–Crippen LogP) is 0.0714. The summed E-state index contributed by atoms with van der Waals surface area (Å²) < 4.78 is 25.3. The van der Waals surface area contributed by atoms with Gasteiger partial charge in [0.2, 0.25) is 10.0 Å². The third-order valence-electron chi connectivity index (χ3n) is 2.50. The molecule has 1 aromatic rings. The largest absolute Gasteiger partial charge is 0.480 e. The zero-order chi connectivity index (χ0) is 13.8. The minimum absolute atomic E-state index is 0.0195. The Labute approximate surface area is 105 Å². The van der Waals surface area contributed by atoms with Gasteiger partial charge in [-0.25, -0.2) is 13.1 Å². The fourth-order valence-electron chi connectivity index (χ4n) is 1.20. The number of carbonyl (C=O) groups is 1. The molecule has 1 atom stereocenters. The molecule has 0 bridgehead atoms. The van der Waals surface area contributed by atoms with E-state index in [2.05, 4.69) is 4.72 Å². The number of carboxylic acid groups (broad SMARTS) is 1. The molecule has 0 saturated carbocycles. The van der Waals surface area contributed by atoms with Gasteiger partial charge in [-0.2, -0.15) is 0 Å². The van der Waals surface area contributed by atoms with E-state index in [1.807, 2.05) is 0 Å². The molecule has 0 saturated heterocycles. The average Bonchev–Trinajstić information content (AvgIpc) is 2.36. The summed E-state index contributed by atoms with van der Waals surface area (Å²) in [5.41, 5.74) is 1.41. The van der Waals surface area contributed by atoms with Gasteiger partial charge >= 0.3 is 5.97 Å². The maximum Gasteiger partial charge on any atom is 0.323 e. The van der Waals surface area contributed by atoms with E-state index < -0.39 is 21.2 Å². The van der Waals surface area contributed by atoms with E-state index in [0.29, 0.717) is 5.56 Å². The third-order valence-corrected chi connectivity index (χ3v) is 4.18. The van der Waals surface area contributed by atoms with Crippen LogP contribution < -0.4 is 4.72 Å². The zero-order valence-corrected chi connectivity index (χ0v) is 10.6. The molecule has 0 amide bonds. The first-order chi connectivity index (χ1) is 8.36. The van der Waals surface area contributed by atoms with Crippen molar-refractivity contribution in [2.24, 2.45) is 0 Å². The molecule has 0 heterocycles. The van der Waals surface area contributed by atoms with Crippen molar-refractivity contribution in [2.45, 2.75) is 25.3 Å². The number of hydrogen-bond donors (Lipinski definition) is 3. The molecule has 18 heavy (non-hydrogen) atoms. The van der Waals surface area contributed by atoms with Crippen LogP contribution in [0.5, 0.6) is 0 Å². The van der Waals surface area contributed by atoms with E-state index in [4.69, 9.17) is 10.2 Å². The van der Waals surface area contributed by atoms with Crippen molar-refractivity contribution in [3.8, 4) is 0 Å². The lowest BCUT2D eigenvalue weighted by molar-refractivity contribution is -0.136. The van der Waals surface area contributed by atoms with Crippen molar-refractivity contribution >= 4 is 16.0 Å². The van der Waals surface area contributed by atoms with Crippen LogP contribution >= 0.6 is 0 Å². The molecule has 0 aromatic heterocycles. The van der Waals surface area contributed by atoms with Crippen molar-refractivity contribution in [1.82, 2.24) is 4.72 Å². The van der Waals surface area contributed by atoms with Gasteiger partial charge in [0.25, 0.3) is 0 Å². The van der Waals surface area contributed by atoms with Gasteiger partial charge in [-0.3, -0.25) is 4.79 Å². The molecule has 0 fully saturated rings. The van der Waals surface area contributed by atoms with Gasteiger partial charge in [0.1, 0.15) is 0 Å².